The number of piperidine rings is 1. The van der Waals surface area contributed by atoms with Gasteiger partial charge in [0.15, 0.2) is 6.29 Å². The monoisotopic (exact) mass is 360 g/mol. The molecule has 3 N–H and O–H groups in total. The molecule has 4 rings (SSSR count). The van der Waals surface area contributed by atoms with E-state index in [1.165, 1.54) is 12.8 Å². The van der Waals surface area contributed by atoms with Gasteiger partial charge >= 0.3 is 0 Å². The minimum Gasteiger partial charge on any atom is -0.373 e. The Morgan fingerprint density at radius 2 is 2.12 bits per heavy atom. The van der Waals surface area contributed by atoms with Crippen LogP contribution in [0.4, 0.5) is 0 Å². The Bertz CT molecular complexity index is 613. The fourth-order valence-electron chi connectivity index (χ4n) is 4.73. The van der Waals surface area contributed by atoms with Crippen molar-refractivity contribution in [3.8, 4) is 0 Å². The SMILES string of the molecule is CC[C@@H]1C[C@H]1NC1COC2(CCN(Cc3cccc(C(O)O)c3)CC2)C1. The summed E-state index contributed by atoms with van der Waals surface area (Å²) in [5.74, 6) is 0.890. The summed E-state index contributed by atoms with van der Waals surface area (Å²) < 4.78 is 6.29. The molecule has 1 aromatic carbocycles. The summed E-state index contributed by atoms with van der Waals surface area (Å²) >= 11 is 0. The molecule has 2 saturated heterocycles. The number of aliphatic hydroxyl groups is 2. The third kappa shape index (κ3) is 4.12. The molecule has 2 aliphatic heterocycles. The molecular formula is C21H32N2O3. The Balaban J connectivity index is 1.26. The molecule has 1 aliphatic carbocycles. The molecule has 3 atom stereocenters. The number of ether oxygens (including phenoxy) is 1. The third-order valence-corrected chi connectivity index (χ3v) is 6.53. The predicted octanol–water partition coefficient (Wildman–Crippen LogP) is 2.18. The Morgan fingerprint density at radius 3 is 2.81 bits per heavy atom. The number of likely N-dealkylation sites (tertiary alicyclic amines) is 1. The van der Waals surface area contributed by atoms with Crippen LogP contribution in [0.3, 0.4) is 0 Å². The Hall–Kier alpha value is -0.980. The van der Waals surface area contributed by atoms with E-state index in [9.17, 15) is 10.2 Å². The summed E-state index contributed by atoms with van der Waals surface area (Å²) in [4.78, 5) is 2.45. The second-order valence-corrected chi connectivity index (χ2v) is 8.47. The van der Waals surface area contributed by atoms with Gasteiger partial charge in [-0.2, -0.15) is 0 Å². The molecule has 0 aromatic heterocycles. The summed E-state index contributed by atoms with van der Waals surface area (Å²) in [6.07, 6.45) is 4.58. The molecule has 26 heavy (non-hydrogen) atoms. The van der Waals surface area contributed by atoms with E-state index >= 15 is 0 Å². The molecule has 0 bridgehead atoms. The number of hydrogen-bond acceptors (Lipinski definition) is 5. The van der Waals surface area contributed by atoms with Gasteiger partial charge in [0, 0.05) is 37.3 Å². The van der Waals surface area contributed by atoms with E-state index in [0.29, 0.717) is 11.6 Å². The average molecular weight is 360 g/mol. The molecule has 1 saturated carbocycles. The summed E-state index contributed by atoms with van der Waals surface area (Å²) in [5.41, 5.74) is 1.78. The zero-order valence-corrected chi connectivity index (χ0v) is 15.7. The van der Waals surface area contributed by atoms with E-state index in [1.807, 2.05) is 12.1 Å². The van der Waals surface area contributed by atoms with Gasteiger partial charge in [-0.05, 0) is 43.2 Å². The van der Waals surface area contributed by atoms with Crippen LogP contribution < -0.4 is 5.32 Å². The van der Waals surface area contributed by atoms with Crippen molar-refractivity contribution in [3.63, 3.8) is 0 Å². The van der Waals surface area contributed by atoms with Gasteiger partial charge in [0.25, 0.3) is 0 Å². The minimum absolute atomic E-state index is 0.0773. The summed E-state index contributed by atoms with van der Waals surface area (Å²) in [6, 6.07) is 8.86. The van der Waals surface area contributed by atoms with Crippen LogP contribution in [0, 0.1) is 5.92 Å². The van der Waals surface area contributed by atoms with E-state index < -0.39 is 6.29 Å². The number of hydrogen-bond donors (Lipinski definition) is 3. The number of benzene rings is 1. The first kappa shape index (κ1) is 18.4. The van der Waals surface area contributed by atoms with Crippen molar-refractivity contribution in [2.45, 2.75) is 69.5 Å². The third-order valence-electron chi connectivity index (χ3n) is 6.53. The zero-order chi connectivity index (χ0) is 18.1. The fraction of sp³-hybridized carbons (Fsp3) is 0.714. The highest BCUT2D eigenvalue weighted by Crippen LogP contribution is 2.39. The van der Waals surface area contributed by atoms with Crippen LogP contribution in [-0.4, -0.2) is 52.5 Å². The topological polar surface area (TPSA) is 65.0 Å². The lowest BCUT2D eigenvalue weighted by molar-refractivity contribution is -0.0452. The van der Waals surface area contributed by atoms with Gasteiger partial charge in [0.2, 0.25) is 0 Å². The maximum Gasteiger partial charge on any atom is 0.178 e. The van der Waals surface area contributed by atoms with Gasteiger partial charge in [-0.25, -0.2) is 0 Å². The molecule has 0 amide bonds. The molecule has 144 valence electrons. The van der Waals surface area contributed by atoms with Crippen molar-refractivity contribution in [2.24, 2.45) is 5.92 Å². The minimum atomic E-state index is -1.39. The van der Waals surface area contributed by atoms with Gasteiger partial charge in [0.05, 0.1) is 12.2 Å². The van der Waals surface area contributed by atoms with Crippen LogP contribution in [0.5, 0.6) is 0 Å². The normalized spacial score (nSPS) is 31.0. The quantitative estimate of drug-likeness (QED) is 0.679. The predicted molar refractivity (Wildman–Crippen MR) is 101 cm³/mol. The number of nitrogens with zero attached hydrogens (tertiary/aromatic N) is 1. The highest BCUT2D eigenvalue weighted by Gasteiger charge is 2.45. The number of aliphatic hydroxyl groups excluding tert-OH is 1. The zero-order valence-electron chi connectivity index (χ0n) is 15.7. The average Bonchev–Trinajstić information content (AvgIpc) is 3.29. The second-order valence-electron chi connectivity index (χ2n) is 8.47. The Morgan fingerprint density at radius 1 is 1.31 bits per heavy atom. The van der Waals surface area contributed by atoms with Gasteiger partial charge < -0.3 is 20.3 Å². The van der Waals surface area contributed by atoms with Crippen molar-refractivity contribution in [3.05, 3.63) is 35.4 Å². The van der Waals surface area contributed by atoms with Crippen molar-refractivity contribution in [2.75, 3.05) is 19.7 Å². The Labute approximate surface area is 156 Å². The molecule has 3 aliphatic rings. The van der Waals surface area contributed by atoms with E-state index in [1.54, 1.807) is 6.07 Å². The first-order chi connectivity index (χ1) is 12.6. The summed E-state index contributed by atoms with van der Waals surface area (Å²) in [7, 11) is 0. The highest BCUT2D eigenvalue weighted by molar-refractivity contribution is 5.24. The molecule has 1 aromatic rings. The summed E-state index contributed by atoms with van der Waals surface area (Å²) in [6.45, 7) is 6.09. The van der Waals surface area contributed by atoms with Gasteiger partial charge in [0.1, 0.15) is 0 Å². The maximum atomic E-state index is 9.34. The molecule has 5 heteroatoms. The van der Waals surface area contributed by atoms with Crippen LogP contribution in [0.15, 0.2) is 24.3 Å². The van der Waals surface area contributed by atoms with E-state index in [4.69, 9.17) is 4.74 Å². The Kier molecular flexibility index (Phi) is 5.35. The van der Waals surface area contributed by atoms with E-state index in [0.717, 1.165) is 63.0 Å². The number of nitrogens with one attached hydrogen (secondary N) is 1. The fourth-order valence-corrected chi connectivity index (χ4v) is 4.73. The highest BCUT2D eigenvalue weighted by atomic mass is 16.5. The van der Waals surface area contributed by atoms with Crippen molar-refractivity contribution in [1.29, 1.82) is 0 Å². The molecule has 1 unspecified atom stereocenters. The van der Waals surface area contributed by atoms with Gasteiger partial charge in [-0.3, -0.25) is 4.90 Å². The van der Waals surface area contributed by atoms with E-state index in [-0.39, 0.29) is 5.60 Å². The van der Waals surface area contributed by atoms with Crippen molar-refractivity contribution >= 4 is 0 Å². The van der Waals surface area contributed by atoms with Crippen LogP contribution in [0.25, 0.3) is 0 Å². The lowest BCUT2D eigenvalue weighted by Crippen LogP contribution is -2.44. The van der Waals surface area contributed by atoms with Crippen LogP contribution in [0.2, 0.25) is 0 Å². The molecule has 3 fully saturated rings. The smallest absolute Gasteiger partial charge is 0.178 e. The van der Waals surface area contributed by atoms with Crippen LogP contribution >= 0.6 is 0 Å². The lowest BCUT2D eigenvalue weighted by Gasteiger charge is -2.38. The standard InChI is InChI=1S/C21H32N2O3/c1-2-16-11-19(16)22-18-12-21(26-14-18)6-8-23(9-7-21)13-15-4-3-5-17(10-15)20(24)25/h3-5,10,16,18-20,22,24-25H,2,6-9,11-14H2,1H3/t16-,18?,19-/m1/s1. The lowest BCUT2D eigenvalue weighted by atomic mass is 9.87. The molecular weight excluding hydrogens is 328 g/mol. The largest absolute Gasteiger partial charge is 0.373 e. The molecule has 5 nitrogen and oxygen atoms in total. The molecule has 1 spiro atoms. The van der Waals surface area contributed by atoms with Crippen LogP contribution in [-0.2, 0) is 11.3 Å². The number of rotatable bonds is 6. The van der Waals surface area contributed by atoms with Gasteiger partial charge in [-0.15, -0.1) is 0 Å². The van der Waals surface area contributed by atoms with Crippen LogP contribution in [0.1, 0.15) is 56.4 Å². The van der Waals surface area contributed by atoms with Crippen molar-refractivity contribution in [1.82, 2.24) is 10.2 Å². The first-order valence-electron chi connectivity index (χ1n) is 10.1. The van der Waals surface area contributed by atoms with E-state index in [2.05, 4.69) is 23.2 Å². The maximum absolute atomic E-state index is 9.34. The molecule has 2 heterocycles. The van der Waals surface area contributed by atoms with Crippen molar-refractivity contribution < 1.29 is 14.9 Å². The molecule has 0 radical (unpaired) electrons. The second kappa shape index (κ2) is 7.56. The first-order valence-corrected chi connectivity index (χ1v) is 10.1. The van der Waals surface area contributed by atoms with Gasteiger partial charge in [-0.1, -0.05) is 31.5 Å². The summed E-state index contributed by atoms with van der Waals surface area (Å²) in [5, 5.41) is 22.5.